The smallest absolute Gasteiger partial charge is 0.303 e. The summed E-state index contributed by atoms with van der Waals surface area (Å²) in [6.45, 7) is 0. The molecule has 3 aromatic carbocycles. The van der Waals surface area contributed by atoms with Crippen molar-refractivity contribution in [3.05, 3.63) is 96.8 Å². The average molecular weight is 418 g/mol. The molecule has 0 saturated carbocycles. The fraction of sp³-hybridized carbons (Fsp3) is 0.107. The van der Waals surface area contributed by atoms with E-state index in [0.717, 1.165) is 56.0 Å². The van der Waals surface area contributed by atoms with Gasteiger partial charge in [-0.15, -0.1) is 0 Å². The van der Waals surface area contributed by atoms with E-state index in [4.69, 9.17) is 5.11 Å². The minimum atomic E-state index is -0.749. The Morgan fingerprint density at radius 1 is 0.688 bits per heavy atom. The number of carbonyl (C=O) groups is 1. The van der Waals surface area contributed by atoms with Crippen molar-refractivity contribution < 1.29 is 9.90 Å². The highest BCUT2D eigenvalue weighted by Gasteiger charge is 2.12. The lowest BCUT2D eigenvalue weighted by Gasteiger charge is -2.11. The fourth-order valence-electron chi connectivity index (χ4n) is 4.24. The predicted molar refractivity (Wildman–Crippen MR) is 128 cm³/mol. The van der Waals surface area contributed by atoms with Gasteiger partial charge >= 0.3 is 5.97 Å². The first-order valence-corrected chi connectivity index (χ1v) is 10.7. The fourth-order valence-corrected chi connectivity index (χ4v) is 4.24. The van der Waals surface area contributed by atoms with Crippen molar-refractivity contribution in [3.8, 4) is 22.3 Å². The Bertz CT molecular complexity index is 1410. The monoisotopic (exact) mass is 418 g/mol. The molecule has 5 aromatic rings. The molecule has 156 valence electrons. The van der Waals surface area contributed by atoms with Crippen molar-refractivity contribution in [2.75, 3.05) is 0 Å². The molecule has 0 aliphatic heterocycles. The van der Waals surface area contributed by atoms with Crippen LogP contribution >= 0.6 is 0 Å². The van der Waals surface area contributed by atoms with Gasteiger partial charge in [0.05, 0.1) is 11.0 Å². The van der Waals surface area contributed by atoms with Gasteiger partial charge in [0.25, 0.3) is 0 Å². The molecule has 0 fully saturated rings. The van der Waals surface area contributed by atoms with Gasteiger partial charge in [-0.25, -0.2) is 0 Å². The zero-order valence-electron chi connectivity index (χ0n) is 17.5. The number of aliphatic carboxylic acids is 1. The highest BCUT2D eigenvalue weighted by Crippen LogP contribution is 2.34. The topological polar surface area (TPSA) is 63.1 Å². The molecule has 0 atom stereocenters. The maximum atomic E-state index is 10.7. The van der Waals surface area contributed by atoms with Crippen LogP contribution < -0.4 is 0 Å². The summed E-state index contributed by atoms with van der Waals surface area (Å²) in [6, 6.07) is 27.1. The molecule has 2 aromatic heterocycles. The summed E-state index contributed by atoms with van der Waals surface area (Å²) >= 11 is 0. The van der Waals surface area contributed by atoms with Crippen LogP contribution in [0.5, 0.6) is 0 Å². The van der Waals surface area contributed by atoms with Crippen molar-refractivity contribution in [2.24, 2.45) is 0 Å². The summed E-state index contributed by atoms with van der Waals surface area (Å²) in [4.78, 5) is 20.1. The highest BCUT2D eigenvalue weighted by atomic mass is 16.4. The van der Waals surface area contributed by atoms with E-state index in [9.17, 15) is 4.79 Å². The molecule has 1 N–H and O–H groups in total. The first kappa shape index (κ1) is 19.9. The van der Waals surface area contributed by atoms with Gasteiger partial charge in [-0.05, 0) is 52.8 Å². The summed E-state index contributed by atoms with van der Waals surface area (Å²) in [7, 11) is 0. The molecule has 32 heavy (non-hydrogen) atoms. The van der Waals surface area contributed by atoms with E-state index < -0.39 is 5.97 Å². The quantitative estimate of drug-likeness (QED) is 0.319. The molecule has 0 aliphatic rings. The van der Waals surface area contributed by atoms with Crippen LogP contribution in [-0.4, -0.2) is 21.0 Å². The Balaban J connectivity index is 1.56. The number of carboxylic acid groups (broad SMARTS) is 1. The average Bonchev–Trinajstić information content (AvgIpc) is 2.84. The summed E-state index contributed by atoms with van der Waals surface area (Å²) in [5.74, 6) is -0.749. The minimum absolute atomic E-state index is 0.196. The molecule has 0 unspecified atom stereocenters. The van der Waals surface area contributed by atoms with Gasteiger partial charge in [0.1, 0.15) is 0 Å². The van der Waals surface area contributed by atoms with E-state index in [1.54, 1.807) is 0 Å². The van der Waals surface area contributed by atoms with Gasteiger partial charge in [0.15, 0.2) is 0 Å². The highest BCUT2D eigenvalue weighted by molar-refractivity contribution is 6.11. The second kappa shape index (κ2) is 8.60. The predicted octanol–water partition coefficient (Wildman–Crippen LogP) is 6.52. The lowest BCUT2D eigenvalue weighted by molar-refractivity contribution is -0.137. The summed E-state index contributed by atoms with van der Waals surface area (Å²) < 4.78 is 0. The van der Waals surface area contributed by atoms with E-state index >= 15 is 0 Å². The molecule has 0 aliphatic carbocycles. The molecule has 0 radical (unpaired) electrons. The SMILES string of the molecule is O=C(O)CCCc1ccc(-c2ccnc3c2ccc2c(-c4ccccc4)ccnc23)cc1. The third kappa shape index (κ3) is 3.83. The van der Waals surface area contributed by atoms with Gasteiger partial charge in [-0.1, -0.05) is 66.7 Å². The number of hydrogen-bond acceptors (Lipinski definition) is 3. The van der Waals surface area contributed by atoms with Gasteiger partial charge < -0.3 is 5.11 Å². The van der Waals surface area contributed by atoms with Gasteiger partial charge in [0.2, 0.25) is 0 Å². The zero-order valence-corrected chi connectivity index (χ0v) is 17.5. The second-order valence-corrected chi connectivity index (χ2v) is 7.89. The minimum Gasteiger partial charge on any atom is -0.481 e. The number of nitrogens with zero attached hydrogens (tertiary/aromatic N) is 2. The molecular formula is C28H22N2O2. The van der Waals surface area contributed by atoms with Crippen LogP contribution in [0, 0.1) is 0 Å². The number of pyridine rings is 2. The van der Waals surface area contributed by atoms with Gasteiger partial charge in [0, 0.05) is 29.6 Å². The van der Waals surface area contributed by atoms with Crippen LogP contribution in [0.1, 0.15) is 18.4 Å². The van der Waals surface area contributed by atoms with E-state index in [1.807, 2.05) is 36.7 Å². The van der Waals surface area contributed by atoms with Crippen molar-refractivity contribution in [3.63, 3.8) is 0 Å². The molecular weight excluding hydrogens is 396 g/mol. The van der Waals surface area contributed by atoms with Crippen LogP contribution in [0.15, 0.2) is 91.3 Å². The van der Waals surface area contributed by atoms with Crippen molar-refractivity contribution in [2.45, 2.75) is 19.3 Å². The maximum Gasteiger partial charge on any atom is 0.303 e. The Labute approximate surface area is 186 Å². The second-order valence-electron chi connectivity index (χ2n) is 7.89. The first-order chi connectivity index (χ1) is 15.7. The lowest BCUT2D eigenvalue weighted by atomic mass is 9.96. The normalized spacial score (nSPS) is 11.1. The largest absolute Gasteiger partial charge is 0.481 e. The lowest BCUT2D eigenvalue weighted by Crippen LogP contribution is -1.95. The van der Waals surface area contributed by atoms with Crippen molar-refractivity contribution in [1.29, 1.82) is 0 Å². The van der Waals surface area contributed by atoms with E-state index in [0.29, 0.717) is 6.42 Å². The van der Waals surface area contributed by atoms with Crippen molar-refractivity contribution >= 4 is 27.8 Å². The summed E-state index contributed by atoms with van der Waals surface area (Å²) in [6.07, 6.45) is 5.30. The summed E-state index contributed by atoms with van der Waals surface area (Å²) in [5, 5.41) is 11.0. The summed E-state index contributed by atoms with van der Waals surface area (Å²) in [5.41, 5.74) is 7.47. The molecule has 0 saturated heterocycles. The molecule has 5 rings (SSSR count). The molecule has 2 heterocycles. The number of carboxylic acids is 1. The number of benzene rings is 3. The third-order valence-corrected chi connectivity index (χ3v) is 5.83. The standard InChI is InChI=1S/C28H22N2O2/c31-26(32)8-4-5-19-9-11-21(12-10-19)23-16-18-30-28-25(23)14-13-24-22(15-17-29-27(24)28)20-6-2-1-3-7-20/h1-3,6-7,9-18H,4-5,8H2,(H,31,32). The van der Waals surface area contributed by atoms with Crippen molar-refractivity contribution in [1.82, 2.24) is 9.97 Å². The first-order valence-electron chi connectivity index (χ1n) is 10.7. The number of aromatic nitrogens is 2. The van der Waals surface area contributed by atoms with Gasteiger partial charge in [-0.3, -0.25) is 14.8 Å². The Morgan fingerprint density at radius 2 is 1.25 bits per heavy atom. The molecule has 0 bridgehead atoms. The Hall–Kier alpha value is -4.05. The van der Waals surface area contributed by atoms with Crippen LogP contribution in [-0.2, 0) is 11.2 Å². The van der Waals surface area contributed by atoms with Crippen LogP contribution in [0.4, 0.5) is 0 Å². The number of rotatable bonds is 6. The Morgan fingerprint density at radius 3 is 1.81 bits per heavy atom. The number of hydrogen-bond donors (Lipinski definition) is 1. The third-order valence-electron chi connectivity index (χ3n) is 5.83. The number of fused-ring (bicyclic) bond motifs is 3. The van der Waals surface area contributed by atoms with E-state index in [2.05, 4.69) is 64.6 Å². The van der Waals surface area contributed by atoms with E-state index in [1.165, 1.54) is 0 Å². The Kier molecular flexibility index (Phi) is 5.34. The molecule has 4 nitrogen and oxygen atoms in total. The van der Waals surface area contributed by atoms with Crippen LogP contribution in [0.3, 0.4) is 0 Å². The zero-order chi connectivity index (χ0) is 21.9. The molecule has 0 spiro atoms. The van der Waals surface area contributed by atoms with E-state index in [-0.39, 0.29) is 6.42 Å². The maximum absolute atomic E-state index is 10.7. The van der Waals surface area contributed by atoms with Gasteiger partial charge in [-0.2, -0.15) is 0 Å². The number of aryl methyl sites for hydroxylation is 1. The van der Waals surface area contributed by atoms with Crippen LogP contribution in [0.25, 0.3) is 44.1 Å². The molecule has 0 amide bonds. The molecule has 4 heteroatoms. The van der Waals surface area contributed by atoms with Crippen LogP contribution in [0.2, 0.25) is 0 Å².